The van der Waals surface area contributed by atoms with Gasteiger partial charge in [0.05, 0.1) is 19.8 Å². The van der Waals surface area contributed by atoms with Crippen LogP contribution in [-0.2, 0) is 14.3 Å². The van der Waals surface area contributed by atoms with Gasteiger partial charge < -0.3 is 18.9 Å². The predicted octanol–water partition coefficient (Wildman–Crippen LogP) is 3.91. The fraction of sp³-hybridized carbons (Fsp3) is 0.550. The molecule has 1 aliphatic heterocycles. The van der Waals surface area contributed by atoms with E-state index in [2.05, 4.69) is 6.58 Å². The number of hydrogen-bond acceptors (Lipinski definition) is 5. The van der Waals surface area contributed by atoms with E-state index in [1.807, 2.05) is 31.2 Å². The van der Waals surface area contributed by atoms with Crippen LogP contribution >= 0.6 is 0 Å². The second kappa shape index (κ2) is 10.1. The second-order valence-electron chi connectivity index (χ2n) is 6.09. The zero-order chi connectivity index (χ0) is 18.0. The first-order valence-electron chi connectivity index (χ1n) is 8.98. The van der Waals surface area contributed by atoms with Gasteiger partial charge >= 0.3 is 5.97 Å². The molecule has 2 rings (SSSR count). The van der Waals surface area contributed by atoms with Gasteiger partial charge in [0.2, 0.25) is 0 Å². The van der Waals surface area contributed by atoms with E-state index in [1.165, 1.54) is 0 Å². The van der Waals surface area contributed by atoms with Crippen LogP contribution in [0.2, 0.25) is 0 Å². The number of carbonyl (C=O) groups is 1. The lowest BCUT2D eigenvalue weighted by molar-refractivity contribution is -0.149. The van der Waals surface area contributed by atoms with Crippen molar-refractivity contribution in [1.82, 2.24) is 0 Å². The molecule has 1 unspecified atom stereocenters. The number of epoxide rings is 1. The summed E-state index contributed by atoms with van der Waals surface area (Å²) in [5, 5.41) is 0. The highest BCUT2D eigenvalue weighted by molar-refractivity contribution is 5.82. The van der Waals surface area contributed by atoms with Gasteiger partial charge in [0, 0.05) is 6.07 Å². The Morgan fingerprint density at radius 1 is 1.24 bits per heavy atom. The van der Waals surface area contributed by atoms with Crippen molar-refractivity contribution >= 4 is 5.97 Å². The molecule has 1 heterocycles. The maximum atomic E-state index is 11.8. The molecule has 0 spiro atoms. The van der Waals surface area contributed by atoms with Gasteiger partial charge in [-0.1, -0.05) is 31.6 Å². The van der Waals surface area contributed by atoms with Gasteiger partial charge in [-0.25, -0.2) is 4.79 Å². The second-order valence-corrected chi connectivity index (χ2v) is 6.09. The minimum atomic E-state index is -0.640. The van der Waals surface area contributed by atoms with Gasteiger partial charge in [0.1, 0.15) is 18.1 Å². The summed E-state index contributed by atoms with van der Waals surface area (Å²) >= 11 is 0. The van der Waals surface area contributed by atoms with Gasteiger partial charge in [-0.2, -0.15) is 0 Å². The van der Waals surface area contributed by atoms with Crippen molar-refractivity contribution < 1.29 is 23.7 Å². The highest BCUT2D eigenvalue weighted by Crippen LogP contribution is 2.34. The Morgan fingerprint density at radius 2 is 1.96 bits per heavy atom. The molecule has 1 aromatic rings. The number of benzene rings is 1. The Hall–Kier alpha value is -2.01. The van der Waals surface area contributed by atoms with Crippen molar-refractivity contribution in [2.24, 2.45) is 0 Å². The molecule has 1 fully saturated rings. The summed E-state index contributed by atoms with van der Waals surface area (Å²) in [4.78, 5) is 11.8. The summed E-state index contributed by atoms with van der Waals surface area (Å²) in [6, 6.07) is 7.62. The number of ether oxygens (including phenoxy) is 4. The SMILES string of the molecule is C=CCOc1cccc(OCCCCCCC2(C(=O)OCC)CO2)c1. The first kappa shape index (κ1) is 19.3. The summed E-state index contributed by atoms with van der Waals surface area (Å²) in [5.41, 5.74) is -0.640. The molecule has 0 amide bonds. The van der Waals surface area contributed by atoms with Crippen LogP contribution in [0.5, 0.6) is 11.5 Å². The van der Waals surface area contributed by atoms with Gasteiger partial charge in [-0.3, -0.25) is 0 Å². The Balaban J connectivity index is 1.55. The molecule has 138 valence electrons. The minimum Gasteiger partial charge on any atom is -0.493 e. The molecule has 0 aliphatic carbocycles. The third-order valence-corrected chi connectivity index (χ3v) is 4.06. The van der Waals surface area contributed by atoms with Crippen LogP contribution in [0, 0.1) is 0 Å². The molecule has 1 saturated heterocycles. The highest BCUT2D eigenvalue weighted by atomic mass is 16.6. The van der Waals surface area contributed by atoms with Gasteiger partial charge in [0.15, 0.2) is 5.60 Å². The number of esters is 1. The normalized spacial score (nSPS) is 18.4. The van der Waals surface area contributed by atoms with E-state index in [4.69, 9.17) is 18.9 Å². The molecule has 0 aromatic heterocycles. The average molecular weight is 348 g/mol. The summed E-state index contributed by atoms with van der Waals surface area (Å²) in [7, 11) is 0. The van der Waals surface area contributed by atoms with Crippen molar-refractivity contribution in [3.05, 3.63) is 36.9 Å². The molecule has 0 bridgehead atoms. The van der Waals surface area contributed by atoms with Crippen molar-refractivity contribution in [2.45, 2.75) is 44.6 Å². The van der Waals surface area contributed by atoms with Crippen LogP contribution in [0.15, 0.2) is 36.9 Å². The number of unbranched alkanes of at least 4 members (excludes halogenated alkanes) is 3. The average Bonchev–Trinajstić information content (AvgIpc) is 3.41. The molecular weight excluding hydrogens is 320 g/mol. The summed E-state index contributed by atoms with van der Waals surface area (Å²) < 4.78 is 21.6. The zero-order valence-electron chi connectivity index (χ0n) is 15.0. The fourth-order valence-electron chi connectivity index (χ4n) is 2.58. The maximum absolute atomic E-state index is 11.8. The molecule has 1 atom stereocenters. The van der Waals surface area contributed by atoms with Gasteiger partial charge in [-0.05, 0) is 38.3 Å². The Morgan fingerprint density at radius 3 is 2.64 bits per heavy atom. The van der Waals surface area contributed by atoms with Gasteiger partial charge in [-0.15, -0.1) is 0 Å². The Labute approximate surface area is 149 Å². The molecule has 0 radical (unpaired) electrons. The Kier molecular flexibility index (Phi) is 7.79. The molecule has 0 N–H and O–H groups in total. The fourth-order valence-corrected chi connectivity index (χ4v) is 2.58. The maximum Gasteiger partial charge on any atom is 0.340 e. The number of rotatable bonds is 13. The Bertz CT molecular complexity index is 551. The van der Waals surface area contributed by atoms with Crippen LogP contribution in [0.25, 0.3) is 0 Å². The number of hydrogen-bond donors (Lipinski definition) is 0. The topological polar surface area (TPSA) is 57.3 Å². The molecule has 25 heavy (non-hydrogen) atoms. The lowest BCUT2D eigenvalue weighted by Crippen LogP contribution is -2.27. The molecule has 1 aliphatic rings. The lowest BCUT2D eigenvalue weighted by atomic mass is 10.0. The third-order valence-electron chi connectivity index (χ3n) is 4.06. The summed E-state index contributed by atoms with van der Waals surface area (Å²) in [6.07, 6.45) is 6.51. The quantitative estimate of drug-likeness (QED) is 0.234. The van der Waals surface area contributed by atoms with Crippen molar-refractivity contribution in [1.29, 1.82) is 0 Å². The number of carbonyl (C=O) groups excluding carboxylic acids is 1. The van der Waals surface area contributed by atoms with E-state index < -0.39 is 5.60 Å². The largest absolute Gasteiger partial charge is 0.493 e. The highest BCUT2D eigenvalue weighted by Gasteiger charge is 2.52. The van der Waals surface area contributed by atoms with Crippen LogP contribution in [0.4, 0.5) is 0 Å². The summed E-state index contributed by atoms with van der Waals surface area (Å²) in [6.45, 7) is 7.51. The van der Waals surface area contributed by atoms with E-state index in [1.54, 1.807) is 6.08 Å². The summed E-state index contributed by atoms with van der Waals surface area (Å²) in [5.74, 6) is 1.39. The smallest absolute Gasteiger partial charge is 0.340 e. The third kappa shape index (κ3) is 6.42. The van der Waals surface area contributed by atoms with E-state index in [0.29, 0.717) is 26.4 Å². The zero-order valence-corrected chi connectivity index (χ0v) is 15.0. The van der Waals surface area contributed by atoms with Crippen LogP contribution in [-0.4, -0.2) is 38.0 Å². The first-order chi connectivity index (χ1) is 12.2. The minimum absolute atomic E-state index is 0.211. The van der Waals surface area contributed by atoms with E-state index in [9.17, 15) is 4.79 Å². The van der Waals surface area contributed by atoms with Gasteiger partial charge in [0.25, 0.3) is 0 Å². The lowest BCUT2D eigenvalue weighted by Gasteiger charge is -2.11. The van der Waals surface area contributed by atoms with Crippen molar-refractivity contribution in [3.8, 4) is 11.5 Å². The molecule has 0 saturated carbocycles. The van der Waals surface area contributed by atoms with E-state index in [-0.39, 0.29) is 5.97 Å². The standard InChI is InChI=1S/C20H28O5/c1-3-13-23-17-10-9-11-18(15-17)24-14-8-6-5-7-12-20(16-25-20)19(21)22-4-2/h3,9-11,15H,1,4-8,12-14,16H2,2H3. The molecule has 5 nitrogen and oxygen atoms in total. The van der Waals surface area contributed by atoms with Crippen LogP contribution < -0.4 is 9.47 Å². The molecule has 1 aromatic carbocycles. The van der Waals surface area contributed by atoms with E-state index >= 15 is 0 Å². The van der Waals surface area contributed by atoms with Crippen molar-refractivity contribution in [2.75, 3.05) is 26.4 Å². The monoisotopic (exact) mass is 348 g/mol. The van der Waals surface area contributed by atoms with E-state index in [0.717, 1.165) is 43.6 Å². The van der Waals surface area contributed by atoms with Crippen LogP contribution in [0.3, 0.4) is 0 Å². The predicted molar refractivity (Wildman–Crippen MR) is 96.0 cm³/mol. The van der Waals surface area contributed by atoms with Crippen molar-refractivity contribution in [3.63, 3.8) is 0 Å². The first-order valence-corrected chi connectivity index (χ1v) is 8.98. The molecule has 5 heteroatoms. The van der Waals surface area contributed by atoms with Crippen LogP contribution in [0.1, 0.15) is 39.0 Å². The molecular formula is C20H28O5.